The van der Waals surface area contributed by atoms with Gasteiger partial charge in [-0.1, -0.05) is 43.3 Å². The van der Waals surface area contributed by atoms with Gasteiger partial charge >= 0.3 is 0 Å². The first kappa shape index (κ1) is 18.6. The molecule has 0 aliphatic carbocycles. The SMILES string of the molecule is CCC=CCCc1ccc(C=NN=Cc2cc(F)c(F)c(F)c2)cc1. The Morgan fingerprint density at radius 2 is 1.44 bits per heavy atom. The average molecular weight is 344 g/mol. The molecule has 2 nitrogen and oxygen atoms in total. The van der Waals surface area contributed by atoms with E-state index in [1.807, 2.05) is 24.3 Å². The standard InChI is InChI=1S/C20H19F3N2/c1-2-3-4-5-6-15-7-9-16(10-8-15)13-24-25-14-17-11-18(21)20(23)19(22)12-17/h3-4,7-14H,2,5-6H2,1H3. The van der Waals surface area contributed by atoms with Gasteiger partial charge in [0.2, 0.25) is 0 Å². The molecule has 0 atom stereocenters. The van der Waals surface area contributed by atoms with E-state index < -0.39 is 17.5 Å². The number of hydrogen-bond acceptors (Lipinski definition) is 2. The van der Waals surface area contributed by atoms with Gasteiger partial charge in [-0.25, -0.2) is 13.2 Å². The maximum Gasteiger partial charge on any atom is 0.194 e. The maximum absolute atomic E-state index is 13.1. The Hall–Kier alpha value is -2.69. The van der Waals surface area contributed by atoms with Crippen LogP contribution in [-0.4, -0.2) is 12.4 Å². The zero-order valence-electron chi connectivity index (χ0n) is 13.9. The van der Waals surface area contributed by atoms with Crippen molar-refractivity contribution in [2.75, 3.05) is 0 Å². The van der Waals surface area contributed by atoms with E-state index in [9.17, 15) is 13.2 Å². The van der Waals surface area contributed by atoms with E-state index in [-0.39, 0.29) is 5.56 Å². The van der Waals surface area contributed by atoms with Gasteiger partial charge in [0.25, 0.3) is 0 Å². The lowest BCUT2D eigenvalue weighted by Crippen LogP contribution is -1.93. The zero-order valence-corrected chi connectivity index (χ0v) is 13.9. The Morgan fingerprint density at radius 1 is 0.840 bits per heavy atom. The van der Waals surface area contributed by atoms with Crippen molar-refractivity contribution in [2.24, 2.45) is 10.2 Å². The van der Waals surface area contributed by atoms with E-state index in [1.54, 1.807) is 0 Å². The highest BCUT2D eigenvalue weighted by atomic mass is 19.2. The molecule has 0 heterocycles. The first-order chi connectivity index (χ1) is 12.1. The van der Waals surface area contributed by atoms with Crippen LogP contribution >= 0.6 is 0 Å². The molecule has 2 aromatic carbocycles. The third kappa shape index (κ3) is 6.03. The van der Waals surface area contributed by atoms with Gasteiger partial charge in [0.15, 0.2) is 17.5 Å². The second-order valence-electron chi connectivity index (χ2n) is 5.45. The Morgan fingerprint density at radius 3 is 2.04 bits per heavy atom. The molecule has 0 amide bonds. The summed E-state index contributed by atoms with van der Waals surface area (Å²) in [6.07, 6.45) is 10.1. The van der Waals surface area contributed by atoms with Crippen LogP contribution in [0.3, 0.4) is 0 Å². The van der Waals surface area contributed by atoms with Crippen LogP contribution in [0.1, 0.15) is 36.5 Å². The molecule has 0 radical (unpaired) electrons. The molecule has 0 bridgehead atoms. The number of halogens is 3. The minimum Gasteiger partial charge on any atom is -0.204 e. The first-order valence-corrected chi connectivity index (χ1v) is 8.05. The van der Waals surface area contributed by atoms with E-state index in [0.29, 0.717) is 0 Å². The van der Waals surface area contributed by atoms with Gasteiger partial charge in [0.05, 0.1) is 12.4 Å². The fourth-order valence-electron chi connectivity index (χ4n) is 2.15. The van der Waals surface area contributed by atoms with Crippen LogP contribution in [0.5, 0.6) is 0 Å². The summed E-state index contributed by atoms with van der Waals surface area (Å²) in [6.45, 7) is 2.11. The summed E-state index contributed by atoms with van der Waals surface area (Å²) in [4.78, 5) is 0. The summed E-state index contributed by atoms with van der Waals surface area (Å²) in [5.41, 5.74) is 2.20. The molecule has 2 rings (SSSR count). The summed E-state index contributed by atoms with van der Waals surface area (Å²) in [7, 11) is 0. The van der Waals surface area contributed by atoms with Crippen molar-refractivity contribution in [3.63, 3.8) is 0 Å². The smallest absolute Gasteiger partial charge is 0.194 e. The topological polar surface area (TPSA) is 24.7 Å². The summed E-state index contributed by atoms with van der Waals surface area (Å²) in [5, 5.41) is 7.55. The largest absolute Gasteiger partial charge is 0.204 e. The number of hydrogen-bond donors (Lipinski definition) is 0. The maximum atomic E-state index is 13.1. The number of rotatable bonds is 7. The van der Waals surface area contributed by atoms with Gasteiger partial charge in [0, 0.05) is 5.56 Å². The zero-order chi connectivity index (χ0) is 18.1. The number of allylic oxidation sites excluding steroid dienone is 2. The Balaban J connectivity index is 1.92. The predicted octanol–water partition coefficient (Wildman–Crippen LogP) is 5.46. The summed E-state index contributed by atoms with van der Waals surface area (Å²) >= 11 is 0. The minimum atomic E-state index is -1.49. The molecule has 0 fully saturated rings. The average Bonchev–Trinajstić information content (AvgIpc) is 2.61. The molecule has 0 spiro atoms. The molecular formula is C20H19F3N2. The van der Waals surface area contributed by atoms with Gasteiger partial charge in [0.1, 0.15) is 0 Å². The molecule has 5 heteroatoms. The fraction of sp³-hybridized carbons (Fsp3) is 0.200. The normalized spacial score (nSPS) is 12.0. The fourth-order valence-corrected chi connectivity index (χ4v) is 2.15. The first-order valence-electron chi connectivity index (χ1n) is 8.05. The lowest BCUT2D eigenvalue weighted by atomic mass is 10.1. The molecule has 0 saturated carbocycles. The van der Waals surface area contributed by atoms with E-state index >= 15 is 0 Å². The summed E-state index contributed by atoms with van der Waals surface area (Å²) in [5.74, 6) is -4.00. The van der Waals surface area contributed by atoms with Crippen molar-refractivity contribution < 1.29 is 13.2 Å². The molecule has 0 aromatic heterocycles. The predicted molar refractivity (Wildman–Crippen MR) is 95.7 cm³/mol. The second-order valence-corrected chi connectivity index (χ2v) is 5.45. The second kappa shape index (κ2) is 9.57. The number of aryl methyl sites for hydroxylation is 1. The highest BCUT2D eigenvalue weighted by Gasteiger charge is 2.09. The molecule has 0 unspecified atom stereocenters. The van der Waals surface area contributed by atoms with Crippen LogP contribution in [0.4, 0.5) is 13.2 Å². The third-order valence-electron chi connectivity index (χ3n) is 3.47. The lowest BCUT2D eigenvalue weighted by molar-refractivity contribution is 0.447. The van der Waals surface area contributed by atoms with Gasteiger partial charge in [-0.15, -0.1) is 0 Å². The lowest BCUT2D eigenvalue weighted by Gasteiger charge is -1.99. The highest BCUT2D eigenvalue weighted by molar-refractivity contribution is 5.82. The Bertz CT molecular complexity index is 755. The van der Waals surface area contributed by atoms with Crippen molar-refractivity contribution in [1.29, 1.82) is 0 Å². The highest BCUT2D eigenvalue weighted by Crippen LogP contribution is 2.12. The quantitative estimate of drug-likeness (QED) is 0.276. The van der Waals surface area contributed by atoms with Crippen molar-refractivity contribution in [2.45, 2.75) is 26.2 Å². The summed E-state index contributed by atoms with van der Waals surface area (Å²) < 4.78 is 39.0. The molecule has 0 aliphatic rings. The van der Waals surface area contributed by atoms with Crippen molar-refractivity contribution in [1.82, 2.24) is 0 Å². The monoisotopic (exact) mass is 344 g/mol. The van der Waals surface area contributed by atoms with Crippen LogP contribution < -0.4 is 0 Å². The molecule has 0 N–H and O–H groups in total. The molecule has 0 aliphatic heterocycles. The molecule has 130 valence electrons. The van der Waals surface area contributed by atoms with Crippen LogP contribution in [0, 0.1) is 17.5 Å². The third-order valence-corrected chi connectivity index (χ3v) is 3.47. The summed E-state index contributed by atoms with van der Waals surface area (Å²) in [6, 6.07) is 9.62. The van der Waals surface area contributed by atoms with Gasteiger partial charge in [-0.2, -0.15) is 10.2 Å². The van der Waals surface area contributed by atoms with E-state index in [1.165, 1.54) is 11.8 Å². The van der Waals surface area contributed by atoms with E-state index in [2.05, 4.69) is 29.3 Å². The Labute approximate surface area is 145 Å². The van der Waals surface area contributed by atoms with Crippen LogP contribution in [0.15, 0.2) is 58.8 Å². The van der Waals surface area contributed by atoms with Gasteiger partial charge < -0.3 is 0 Å². The van der Waals surface area contributed by atoms with Crippen molar-refractivity contribution in [3.8, 4) is 0 Å². The van der Waals surface area contributed by atoms with Crippen LogP contribution in [-0.2, 0) is 6.42 Å². The molecule has 2 aromatic rings. The van der Waals surface area contributed by atoms with Crippen molar-refractivity contribution in [3.05, 3.63) is 82.7 Å². The molecule has 25 heavy (non-hydrogen) atoms. The Kier molecular flexibility index (Phi) is 7.14. The van der Waals surface area contributed by atoms with Gasteiger partial charge in [-0.05, 0) is 42.5 Å². The van der Waals surface area contributed by atoms with Crippen LogP contribution in [0.25, 0.3) is 0 Å². The molecular weight excluding hydrogens is 325 g/mol. The number of benzene rings is 2. The van der Waals surface area contributed by atoms with Gasteiger partial charge in [-0.3, -0.25) is 0 Å². The van der Waals surface area contributed by atoms with Crippen molar-refractivity contribution >= 4 is 12.4 Å². The van der Waals surface area contributed by atoms with E-state index in [0.717, 1.165) is 43.2 Å². The number of nitrogens with zero attached hydrogens (tertiary/aromatic N) is 2. The van der Waals surface area contributed by atoms with Crippen LogP contribution in [0.2, 0.25) is 0 Å². The van der Waals surface area contributed by atoms with E-state index in [4.69, 9.17) is 0 Å². The minimum absolute atomic E-state index is 0.101. The molecule has 0 saturated heterocycles.